The Morgan fingerprint density at radius 3 is 2.22 bits per heavy atom. The van der Waals surface area contributed by atoms with E-state index in [9.17, 15) is 9.59 Å². The van der Waals surface area contributed by atoms with E-state index in [2.05, 4.69) is 25.3 Å². The summed E-state index contributed by atoms with van der Waals surface area (Å²) in [6.45, 7) is 0.596. The zero-order valence-corrected chi connectivity index (χ0v) is 14.7. The molecule has 0 saturated carbocycles. The van der Waals surface area contributed by atoms with Gasteiger partial charge in [0, 0.05) is 24.6 Å². The van der Waals surface area contributed by atoms with Crippen LogP contribution in [0.25, 0.3) is 0 Å². The molecule has 1 amide bonds. The van der Waals surface area contributed by atoms with Crippen molar-refractivity contribution in [2.75, 3.05) is 17.7 Å². The van der Waals surface area contributed by atoms with E-state index in [1.54, 1.807) is 24.3 Å². The molecule has 27 heavy (non-hydrogen) atoms. The largest absolute Gasteiger partial charge is 0.465 e. The predicted molar refractivity (Wildman–Crippen MR) is 102 cm³/mol. The van der Waals surface area contributed by atoms with Crippen molar-refractivity contribution < 1.29 is 14.3 Å². The van der Waals surface area contributed by atoms with Crippen LogP contribution < -0.4 is 10.6 Å². The van der Waals surface area contributed by atoms with Crippen molar-refractivity contribution in [3.8, 4) is 0 Å². The Morgan fingerprint density at radius 1 is 0.926 bits per heavy atom. The van der Waals surface area contributed by atoms with E-state index >= 15 is 0 Å². The summed E-state index contributed by atoms with van der Waals surface area (Å²) in [6, 6.07) is 16.3. The standard InChI is InChI=1S/C20H18N4O3/c1-27-19(26)15-7-9-17(10-8-15)24-18(25)16-12-22-20(23-13-16)21-11-14-5-3-2-4-6-14/h2-10,12-13H,11H2,1H3,(H,24,25)(H,21,22,23). The number of esters is 1. The van der Waals surface area contributed by atoms with Gasteiger partial charge in [-0.2, -0.15) is 0 Å². The fourth-order valence-electron chi connectivity index (χ4n) is 2.32. The third-order valence-electron chi connectivity index (χ3n) is 3.77. The van der Waals surface area contributed by atoms with Crippen molar-refractivity contribution in [3.05, 3.63) is 83.7 Å². The molecule has 1 aromatic heterocycles. The Balaban J connectivity index is 1.58. The van der Waals surface area contributed by atoms with Crippen LogP contribution in [0.4, 0.5) is 11.6 Å². The Hall–Kier alpha value is -3.74. The average Bonchev–Trinajstić information content (AvgIpc) is 2.73. The first-order valence-electron chi connectivity index (χ1n) is 8.25. The molecule has 0 spiro atoms. The minimum absolute atomic E-state index is 0.331. The number of ether oxygens (including phenoxy) is 1. The number of anilines is 2. The molecular weight excluding hydrogens is 344 g/mol. The number of benzene rings is 2. The normalized spacial score (nSPS) is 10.1. The topological polar surface area (TPSA) is 93.2 Å². The first kappa shape index (κ1) is 18.1. The lowest BCUT2D eigenvalue weighted by Gasteiger charge is -2.07. The number of nitrogens with zero attached hydrogens (tertiary/aromatic N) is 2. The van der Waals surface area contributed by atoms with E-state index < -0.39 is 5.97 Å². The van der Waals surface area contributed by atoms with E-state index in [-0.39, 0.29) is 5.91 Å². The number of carbonyl (C=O) groups is 2. The molecule has 7 heteroatoms. The molecule has 0 aliphatic heterocycles. The van der Waals surface area contributed by atoms with Crippen LogP contribution in [0.2, 0.25) is 0 Å². The van der Waals surface area contributed by atoms with Crippen LogP contribution in [0, 0.1) is 0 Å². The predicted octanol–water partition coefficient (Wildman–Crippen LogP) is 3.13. The lowest BCUT2D eigenvalue weighted by atomic mass is 10.2. The molecule has 1 heterocycles. The first-order chi connectivity index (χ1) is 13.2. The van der Waals surface area contributed by atoms with Crippen LogP contribution in [0.1, 0.15) is 26.3 Å². The van der Waals surface area contributed by atoms with Crippen molar-refractivity contribution >= 4 is 23.5 Å². The second kappa shape index (κ2) is 8.57. The van der Waals surface area contributed by atoms with Gasteiger partial charge in [0.1, 0.15) is 0 Å². The molecule has 3 rings (SSSR count). The van der Waals surface area contributed by atoms with E-state index in [1.165, 1.54) is 19.5 Å². The summed E-state index contributed by atoms with van der Waals surface area (Å²) in [5.74, 6) is -0.326. The van der Waals surface area contributed by atoms with Crippen LogP contribution >= 0.6 is 0 Å². The maximum atomic E-state index is 12.3. The lowest BCUT2D eigenvalue weighted by molar-refractivity contribution is 0.0600. The molecule has 0 saturated heterocycles. The summed E-state index contributed by atoms with van der Waals surface area (Å²) in [6.07, 6.45) is 2.91. The lowest BCUT2D eigenvalue weighted by Crippen LogP contribution is -2.13. The maximum absolute atomic E-state index is 12.3. The molecule has 0 aliphatic carbocycles. The van der Waals surface area contributed by atoms with Gasteiger partial charge in [-0.05, 0) is 29.8 Å². The molecule has 0 radical (unpaired) electrons. The average molecular weight is 362 g/mol. The van der Waals surface area contributed by atoms with Gasteiger partial charge in [-0.3, -0.25) is 4.79 Å². The van der Waals surface area contributed by atoms with Crippen molar-refractivity contribution in [2.24, 2.45) is 0 Å². The minimum atomic E-state index is -0.431. The maximum Gasteiger partial charge on any atom is 0.337 e. The van der Waals surface area contributed by atoms with E-state index in [1.807, 2.05) is 30.3 Å². The Morgan fingerprint density at radius 2 is 1.59 bits per heavy atom. The van der Waals surface area contributed by atoms with Crippen LogP contribution in [0.3, 0.4) is 0 Å². The monoisotopic (exact) mass is 362 g/mol. The fraction of sp³-hybridized carbons (Fsp3) is 0.100. The summed E-state index contributed by atoms with van der Waals surface area (Å²) < 4.78 is 4.64. The second-order valence-corrected chi connectivity index (χ2v) is 5.66. The van der Waals surface area contributed by atoms with Gasteiger partial charge in [0.05, 0.1) is 18.2 Å². The van der Waals surface area contributed by atoms with Gasteiger partial charge < -0.3 is 15.4 Å². The minimum Gasteiger partial charge on any atom is -0.465 e. The van der Waals surface area contributed by atoms with Crippen molar-refractivity contribution in [1.82, 2.24) is 9.97 Å². The molecule has 0 unspecified atom stereocenters. The molecule has 2 N–H and O–H groups in total. The number of amides is 1. The summed E-state index contributed by atoms with van der Waals surface area (Å²) in [5, 5.41) is 5.83. The van der Waals surface area contributed by atoms with E-state index in [0.717, 1.165) is 5.56 Å². The van der Waals surface area contributed by atoms with Crippen molar-refractivity contribution in [1.29, 1.82) is 0 Å². The van der Waals surface area contributed by atoms with Gasteiger partial charge in [-0.1, -0.05) is 30.3 Å². The number of carbonyl (C=O) groups excluding carboxylic acids is 2. The summed E-state index contributed by atoms with van der Waals surface area (Å²) >= 11 is 0. The van der Waals surface area contributed by atoms with Crippen molar-refractivity contribution in [3.63, 3.8) is 0 Å². The second-order valence-electron chi connectivity index (χ2n) is 5.66. The van der Waals surface area contributed by atoms with Crippen LogP contribution in [0.15, 0.2) is 67.0 Å². The number of hydrogen-bond acceptors (Lipinski definition) is 6. The summed E-state index contributed by atoms with van der Waals surface area (Å²) in [5.41, 5.74) is 2.40. The van der Waals surface area contributed by atoms with E-state index in [4.69, 9.17) is 0 Å². The molecular formula is C20H18N4O3. The summed E-state index contributed by atoms with van der Waals surface area (Å²) in [7, 11) is 1.32. The Kier molecular flexibility index (Phi) is 5.73. The SMILES string of the molecule is COC(=O)c1ccc(NC(=O)c2cnc(NCc3ccccc3)nc2)cc1. The molecule has 3 aromatic rings. The van der Waals surface area contributed by atoms with Gasteiger partial charge in [0.2, 0.25) is 5.95 Å². The highest BCUT2D eigenvalue weighted by atomic mass is 16.5. The number of methoxy groups -OCH3 is 1. The Labute approximate surface area is 156 Å². The van der Waals surface area contributed by atoms with Crippen molar-refractivity contribution in [2.45, 2.75) is 6.54 Å². The molecule has 0 bridgehead atoms. The van der Waals surface area contributed by atoms with Gasteiger partial charge in [0.25, 0.3) is 5.91 Å². The van der Waals surface area contributed by atoms with Gasteiger partial charge in [0.15, 0.2) is 0 Å². The number of rotatable bonds is 6. The van der Waals surface area contributed by atoms with Gasteiger partial charge in [-0.15, -0.1) is 0 Å². The zero-order valence-electron chi connectivity index (χ0n) is 14.7. The highest BCUT2D eigenvalue weighted by Gasteiger charge is 2.09. The third-order valence-corrected chi connectivity index (χ3v) is 3.77. The van der Waals surface area contributed by atoms with Gasteiger partial charge >= 0.3 is 5.97 Å². The molecule has 0 fully saturated rings. The van der Waals surface area contributed by atoms with Crippen LogP contribution in [-0.4, -0.2) is 29.0 Å². The number of hydrogen-bond donors (Lipinski definition) is 2. The Bertz CT molecular complexity index is 910. The summed E-state index contributed by atoms with van der Waals surface area (Å²) in [4.78, 5) is 32.0. The third kappa shape index (κ3) is 4.88. The zero-order chi connectivity index (χ0) is 19.1. The molecule has 2 aromatic carbocycles. The molecule has 0 aliphatic rings. The van der Waals surface area contributed by atoms with E-state index in [0.29, 0.717) is 29.3 Å². The van der Waals surface area contributed by atoms with Crippen LogP contribution in [0.5, 0.6) is 0 Å². The van der Waals surface area contributed by atoms with Crippen LogP contribution in [-0.2, 0) is 11.3 Å². The molecule has 136 valence electrons. The first-order valence-corrected chi connectivity index (χ1v) is 8.25. The quantitative estimate of drug-likeness (QED) is 0.655. The number of nitrogens with one attached hydrogen (secondary N) is 2. The van der Waals surface area contributed by atoms with Gasteiger partial charge in [-0.25, -0.2) is 14.8 Å². The fourth-order valence-corrected chi connectivity index (χ4v) is 2.32. The molecule has 7 nitrogen and oxygen atoms in total. The number of aromatic nitrogens is 2. The highest BCUT2D eigenvalue weighted by Crippen LogP contribution is 2.12. The smallest absolute Gasteiger partial charge is 0.337 e. The molecule has 0 atom stereocenters. The highest BCUT2D eigenvalue weighted by molar-refractivity contribution is 6.04.